The molecule has 0 aliphatic heterocycles. The molecule has 7 heteroatoms. The van der Waals surface area contributed by atoms with Gasteiger partial charge in [0, 0.05) is 18.9 Å². The summed E-state index contributed by atoms with van der Waals surface area (Å²) in [6.07, 6.45) is 7.55. The molecule has 0 saturated heterocycles. The highest BCUT2D eigenvalue weighted by Gasteiger charge is 2.23. The first-order valence-electron chi connectivity index (χ1n) is 6.66. The van der Waals surface area contributed by atoms with Crippen LogP contribution in [0.5, 0.6) is 0 Å². The van der Waals surface area contributed by atoms with Crippen LogP contribution < -0.4 is 10.9 Å². The molecule has 106 valence electrons. The van der Waals surface area contributed by atoms with E-state index in [1.54, 1.807) is 18.6 Å². The van der Waals surface area contributed by atoms with E-state index in [-0.39, 0.29) is 11.6 Å². The predicted octanol–water partition coefficient (Wildman–Crippen LogP) is 2.31. The number of rotatable bonds is 5. The van der Waals surface area contributed by atoms with Crippen LogP contribution in [0, 0.1) is 5.92 Å². The van der Waals surface area contributed by atoms with E-state index < -0.39 is 0 Å². The molecule has 0 bridgehead atoms. The second-order valence-electron chi connectivity index (χ2n) is 5.14. The van der Waals surface area contributed by atoms with Gasteiger partial charge >= 0.3 is 0 Å². The highest BCUT2D eigenvalue weighted by Crippen LogP contribution is 2.30. The van der Waals surface area contributed by atoms with Gasteiger partial charge in [-0.05, 0) is 41.6 Å². The molecule has 1 fully saturated rings. The van der Waals surface area contributed by atoms with E-state index in [9.17, 15) is 4.79 Å². The Hall–Kier alpha value is -1.63. The van der Waals surface area contributed by atoms with E-state index in [0.717, 1.165) is 5.82 Å². The molecule has 0 radical (unpaired) electrons. The number of nitrogens with zero attached hydrogens (tertiary/aromatic N) is 3. The van der Waals surface area contributed by atoms with E-state index in [2.05, 4.69) is 36.3 Å². The summed E-state index contributed by atoms with van der Waals surface area (Å²) in [5.41, 5.74) is 0.597. The third kappa shape index (κ3) is 2.77. The van der Waals surface area contributed by atoms with E-state index in [4.69, 9.17) is 0 Å². The summed E-state index contributed by atoms with van der Waals surface area (Å²) in [5, 5.41) is 7.47. The molecule has 1 unspecified atom stereocenters. The fraction of sp³-hybridized carbons (Fsp3) is 0.462. The molecule has 0 aromatic carbocycles. The highest BCUT2D eigenvalue weighted by atomic mass is 79.9. The third-order valence-corrected chi connectivity index (χ3v) is 4.18. The molecule has 0 amide bonds. The molecule has 6 nitrogen and oxygen atoms in total. The predicted molar refractivity (Wildman–Crippen MR) is 79.5 cm³/mol. The highest BCUT2D eigenvalue weighted by molar-refractivity contribution is 9.10. The number of nitrogens with one attached hydrogen (secondary N) is 2. The van der Waals surface area contributed by atoms with Crippen LogP contribution in [-0.2, 0) is 6.54 Å². The monoisotopic (exact) mass is 337 g/mol. The quantitative estimate of drug-likeness (QED) is 0.877. The van der Waals surface area contributed by atoms with Crippen molar-refractivity contribution in [1.82, 2.24) is 19.7 Å². The number of hydrogen-bond donors (Lipinski definition) is 2. The van der Waals surface area contributed by atoms with Crippen molar-refractivity contribution in [2.75, 3.05) is 5.32 Å². The number of H-pyrrole nitrogens is 1. The van der Waals surface area contributed by atoms with Gasteiger partial charge in [0.1, 0.15) is 10.3 Å². The zero-order valence-electron chi connectivity index (χ0n) is 11.1. The smallest absolute Gasteiger partial charge is 0.283 e. The maximum atomic E-state index is 12.2. The lowest BCUT2D eigenvalue weighted by molar-refractivity contribution is 0.531. The molecule has 1 aliphatic carbocycles. The van der Waals surface area contributed by atoms with E-state index in [1.807, 2.05) is 6.92 Å². The maximum Gasteiger partial charge on any atom is 0.283 e. The van der Waals surface area contributed by atoms with Gasteiger partial charge < -0.3 is 10.3 Å². The zero-order valence-corrected chi connectivity index (χ0v) is 12.7. The van der Waals surface area contributed by atoms with Crippen molar-refractivity contribution < 1.29 is 0 Å². The minimum atomic E-state index is -0.0893. The molecular weight excluding hydrogens is 322 g/mol. The van der Waals surface area contributed by atoms with Gasteiger partial charge in [0.2, 0.25) is 0 Å². The number of halogens is 1. The summed E-state index contributed by atoms with van der Waals surface area (Å²) in [5.74, 6) is 1.44. The molecule has 2 aromatic heterocycles. The largest absolute Gasteiger partial charge is 0.373 e. The molecule has 1 saturated carbocycles. The van der Waals surface area contributed by atoms with Crippen LogP contribution in [-0.4, -0.2) is 19.7 Å². The fourth-order valence-corrected chi connectivity index (χ4v) is 2.48. The van der Waals surface area contributed by atoms with Gasteiger partial charge in [-0.25, -0.2) is 9.67 Å². The van der Waals surface area contributed by atoms with Crippen LogP contribution in [0.4, 0.5) is 5.69 Å². The Morgan fingerprint density at radius 1 is 1.60 bits per heavy atom. The summed E-state index contributed by atoms with van der Waals surface area (Å²) in [4.78, 5) is 19.4. The molecule has 3 rings (SSSR count). The normalized spacial score (nSPS) is 16.1. The lowest BCUT2D eigenvalue weighted by Crippen LogP contribution is -2.25. The van der Waals surface area contributed by atoms with Crippen molar-refractivity contribution in [3.05, 3.63) is 39.2 Å². The lowest BCUT2D eigenvalue weighted by Gasteiger charge is -2.14. The van der Waals surface area contributed by atoms with E-state index in [0.29, 0.717) is 22.6 Å². The minimum absolute atomic E-state index is 0.0261. The molecule has 1 atom stereocenters. The average molecular weight is 338 g/mol. The molecule has 0 spiro atoms. The first kappa shape index (κ1) is 13.4. The number of imidazole rings is 1. The van der Waals surface area contributed by atoms with Crippen molar-refractivity contribution in [3.63, 3.8) is 0 Å². The second kappa shape index (κ2) is 5.40. The van der Waals surface area contributed by atoms with Crippen LogP contribution in [0.3, 0.4) is 0 Å². The van der Waals surface area contributed by atoms with Gasteiger partial charge in [-0.15, -0.1) is 0 Å². The van der Waals surface area contributed by atoms with Crippen LogP contribution >= 0.6 is 15.9 Å². The van der Waals surface area contributed by atoms with Gasteiger partial charge in [-0.3, -0.25) is 4.79 Å². The van der Waals surface area contributed by atoms with Crippen LogP contribution in [0.15, 0.2) is 27.9 Å². The van der Waals surface area contributed by atoms with Gasteiger partial charge in [0.05, 0.1) is 17.9 Å². The van der Waals surface area contributed by atoms with Gasteiger partial charge in [-0.2, -0.15) is 5.10 Å². The standard InChI is InChI=1S/C13H16BrN5O/c1-8(12-15-4-5-16-12)18-10-6-17-19(7-9-2-3-9)13(20)11(10)14/h4-6,8-9,18H,2-3,7H2,1H3,(H,15,16). The lowest BCUT2D eigenvalue weighted by atomic mass is 10.3. The first-order chi connectivity index (χ1) is 9.65. The maximum absolute atomic E-state index is 12.2. The Bertz CT molecular complexity index is 647. The van der Waals surface area contributed by atoms with Gasteiger partial charge in [0.15, 0.2) is 0 Å². The number of anilines is 1. The molecule has 2 N–H and O–H groups in total. The molecule has 20 heavy (non-hydrogen) atoms. The number of hydrogen-bond acceptors (Lipinski definition) is 4. The minimum Gasteiger partial charge on any atom is -0.373 e. The second-order valence-corrected chi connectivity index (χ2v) is 5.94. The number of aromatic amines is 1. The van der Waals surface area contributed by atoms with E-state index >= 15 is 0 Å². The van der Waals surface area contributed by atoms with Crippen LogP contribution in [0.2, 0.25) is 0 Å². The molecule has 1 aliphatic rings. The Labute approximate surface area is 124 Å². The van der Waals surface area contributed by atoms with Crippen molar-refractivity contribution >= 4 is 21.6 Å². The Balaban J connectivity index is 1.79. The Morgan fingerprint density at radius 2 is 2.40 bits per heavy atom. The summed E-state index contributed by atoms with van der Waals surface area (Å²) in [6.45, 7) is 2.69. The molecule has 2 aromatic rings. The third-order valence-electron chi connectivity index (χ3n) is 3.41. The summed E-state index contributed by atoms with van der Waals surface area (Å²) in [7, 11) is 0. The SMILES string of the molecule is CC(Nc1cnn(CC2CC2)c(=O)c1Br)c1ncc[nH]1. The molecular formula is C13H16BrN5O. The zero-order chi connectivity index (χ0) is 14.1. The fourth-order valence-electron chi connectivity index (χ4n) is 2.06. The van der Waals surface area contributed by atoms with E-state index in [1.165, 1.54) is 17.5 Å². The summed E-state index contributed by atoms with van der Waals surface area (Å²) < 4.78 is 2.05. The van der Waals surface area contributed by atoms with Crippen molar-refractivity contribution in [1.29, 1.82) is 0 Å². The van der Waals surface area contributed by atoms with Crippen LogP contribution in [0.1, 0.15) is 31.6 Å². The Kier molecular flexibility index (Phi) is 3.60. The van der Waals surface area contributed by atoms with Crippen molar-refractivity contribution in [2.24, 2.45) is 5.92 Å². The molecule has 2 heterocycles. The van der Waals surface area contributed by atoms with Gasteiger partial charge in [-0.1, -0.05) is 0 Å². The van der Waals surface area contributed by atoms with Crippen molar-refractivity contribution in [3.8, 4) is 0 Å². The topological polar surface area (TPSA) is 75.6 Å². The van der Waals surface area contributed by atoms with Crippen LogP contribution in [0.25, 0.3) is 0 Å². The summed E-state index contributed by atoms with van der Waals surface area (Å²) >= 11 is 3.37. The van der Waals surface area contributed by atoms with Crippen molar-refractivity contribution in [2.45, 2.75) is 32.4 Å². The average Bonchev–Trinajstić information content (AvgIpc) is 3.07. The first-order valence-corrected chi connectivity index (χ1v) is 7.46. The summed E-state index contributed by atoms with van der Waals surface area (Å²) in [6, 6.07) is -0.0261. The Morgan fingerprint density at radius 3 is 3.05 bits per heavy atom. The van der Waals surface area contributed by atoms with Gasteiger partial charge in [0.25, 0.3) is 5.56 Å². The number of aromatic nitrogens is 4.